The highest BCUT2D eigenvalue weighted by molar-refractivity contribution is 8.13. The van der Waals surface area contributed by atoms with Crippen molar-refractivity contribution < 1.29 is 37.3 Å². The molecule has 5 aliphatic rings. The van der Waals surface area contributed by atoms with Crippen molar-refractivity contribution in [2.45, 2.75) is 69.0 Å². The highest BCUT2D eigenvalue weighted by atomic mass is 35.5. The molecule has 1 N–H and O–H groups in total. The molecule has 0 amide bonds. The van der Waals surface area contributed by atoms with Gasteiger partial charge in [0.15, 0.2) is 23.3 Å². The van der Waals surface area contributed by atoms with Crippen LogP contribution >= 0.6 is 23.4 Å². The van der Waals surface area contributed by atoms with Crippen LogP contribution in [-0.2, 0) is 19.1 Å². The number of ketones is 1. The first-order chi connectivity index (χ1) is 17.9. The normalized spacial score (nSPS) is 47.1. The maximum absolute atomic E-state index is 17.4. The van der Waals surface area contributed by atoms with Gasteiger partial charge in [-0.25, -0.2) is 13.2 Å². The van der Waals surface area contributed by atoms with Crippen LogP contribution in [0.25, 0.3) is 0 Å². The molecule has 1 heterocycles. The van der Waals surface area contributed by atoms with Gasteiger partial charge in [0.1, 0.15) is 12.2 Å². The van der Waals surface area contributed by atoms with Crippen LogP contribution in [0.2, 0.25) is 5.02 Å². The summed E-state index contributed by atoms with van der Waals surface area (Å²) in [6.45, 7) is 3.26. The molecular formula is C28H28ClF3O5S. The summed E-state index contributed by atoms with van der Waals surface area (Å²) in [7, 11) is 0. The maximum Gasteiger partial charge on any atom is 0.226 e. The Labute approximate surface area is 227 Å². The van der Waals surface area contributed by atoms with Crippen molar-refractivity contribution >= 4 is 34.3 Å². The van der Waals surface area contributed by atoms with E-state index in [1.54, 1.807) is 31.2 Å². The molecule has 0 bridgehead atoms. The predicted octanol–water partition coefficient (Wildman–Crippen LogP) is 5.61. The highest BCUT2D eigenvalue weighted by Crippen LogP contribution is 2.73. The van der Waals surface area contributed by atoms with Gasteiger partial charge in [-0.05, 0) is 62.0 Å². The zero-order valence-corrected chi connectivity index (χ0v) is 22.4. The average molecular weight is 569 g/mol. The molecule has 10 heteroatoms. The number of aliphatic hydroxyl groups excluding tert-OH is 1. The second-order valence-electron chi connectivity index (χ2n) is 11.5. The molecule has 4 aliphatic carbocycles. The third kappa shape index (κ3) is 3.20. The fourth-order valence-electron chi connectivity index (χ4n) is 8.22. The van der Waals surface area contributed by atoms with E-state index in [-0.39, 0.29) is 24.8 Å². The Morgan fingerprint density at radius 3 is 2.61 bits per heavy atom. The van der Waals surface area contributed by atoms with E-state index in [1.807, 2.05) is 0 Å². The number of aliphatic hydroxyl groups is 1. The fraction of sp³-hybridized carbons (Fsp3) is 0.571. The smallest absolute Gasteiger partial charge is 0.226 e. The Kier molecular flexibility index (Phi) is 6.06. The first kappa shape index (κ1) is 26.6. The van der Waals surface area contributed by atoms with Crippen LogP contribution in [0.5, 0.6) is 0 Å². The molecule has 1 aromatic rings. The molecule has 6 rings (SSSR count). The fourth-order valence-corrected chi connectivity index (χ4v) is 9.08. The van der Waals surface area contributed by atoms with Crippen molar-refractivity contribution in [3.05, 3.63) is 58.7 Å². The average Bonchev–Trinajstić information content (AvgIpc) is 3.37. The van der Waals surface area contributed by atoms with Gasteiger partial charge in [0.05, 0.1) is 12.2 Å². The van der Waals surface area contributed by atoms with Crippen molar-refractivity contribution in [3.63, 3.8) is 0 Å². The lowest BCUT2D eigenvalue weighted by Crippen LogP contribution is -2.70. The van der Waals surface area contributed by atoms with Crippen LogP contribution in [0, 0.1) is 22.7 Å². The molecule has 1 aromatic carbocycles. The second kappa shape index (κ2) is 8.67. The number of carbonyl (C=O) groups is 2. The molecule has 204 valence electrons. The minimum absolute atomic E-state index is 0.0265. The van der Waals surface area contributed by atoms with Gasteiger partial charge >= 0.3 is 0 Å². The number of carbonyl (C=O) groups excluding carboxylic acids is 2. The van der Waals surface area contributed by atoms with Crippen LogP contribution in [0.1, 0.15) is 45.0 Å². The number of allylic oxidation sites excluding steroid dienone is 4. The molecule has 5 nitrogen and oxygen atoms in total. The summed E-state index contributed by atoms with van der Waals surface area (Å²) in [5, 5.41) is 11.5. The van der Waals surface area contributed by atoms with Crippen molar-refractivity contribution in [1.29, 1.82) is 0 Å². The molecule has 2 unspecified atom stereocenters. The van der Waals surface area contributed by atoms with Crippen LogP contribution in [0.15, 0.2) is 48.1 Å². The molecule has 38 heavy (non-hydrogen) atoms. The molecule has 0 spiro atoms. The maximum atomic E-state index is 17.4. The van der Waals surface area contributed by atoms with Crippen LogP contribution < -0.4 is 0 Å². The number of ether oxygens (including phenoxy) is 2. The summed E-state index contributed by atoms with van der Waals surface area (Å²) in [4.78, 5) is 25.7. The second-order valence-corrected chi connectivity index (χ2v) is 12.8. The third-order valence-electron chi connectivity index (χ3n) is 10.0. The molecule has 0 aromatic heterocycles. The molecule has 4 fully saturated rings. The van der Waals surface area contributed by atoms with Gasteiger partial charge in [0.2, 0.25) is 5.12 Å². The van der Waals surface area contributed by atoms with Crippen LogP contribution in [0.3, 0.4) is 0 Å². The number of hydrogen-bond acceptors (Lipinski definition) is 6. The van der Waals surface area contributed by atoms with E-state index in [1.165, 1.54) is 19.1 Å². The minimum atomic E-state index is -2.30. The topological polar surface area (TPSA) is 72.8 Å². The summed E-state index contributed by atoms with van der Waals surface area (Å²) in [6.07, 6.45) is -1.56. The van der Waals surface area contributed by atoms with Crippen LogP contribution in [0.4, 0.5) is 13.2 Å². The first-order valence-corrected chi connectivity index (χ1v) is 14.1. The standard InChI is InChI=1S/C28H28ClF3O5S/c1-25-8-7-16(33)9-19(25)20(31)10-18-17-11-22-28(24(35)38-13-30,26(17,2)12-21(34)27(18,25)32)37-23(36-22)14-3-5-15(29)6-4-14/h3-9,17-18,20-23,34H,10-13H2,1-2H3/t17-,18?,20-,21-,22+,23?,25-,26-,27-,28-/m0/s1. The summed E-state index contributed by atoms with van der Waals surface area (Å²) in [6, 6.07) is 5.74. The monoisotopic (exact) mass is 568 g/mol. The Morgan fingerprint density at radius 1 is 1.21 bits per heavy atom. The Bertz CT molecular complexity index is 1260. The number of halogens is 4. The number of alkyl halides is 3. The van der Waals surface area contributed by atoms with Gasteiger partial charge < -0.3 is 14.6 Å². The van der Waals surface area contributed by atoms with Gasteiger partial charge in [-0.2, -0.15) is 0 Å². The number of benzene rings is 1. The predicted molar refractivity (Wildman–Crippen MR) is 135 cm³/mol. The highest BCUT2D eigenvalue weighted by Gasteiger charge is 2.80. The molecule has 3 saturated carbocycles. The largest absolute Gasteiger partial charge is 0.390 e. The first-order valence-electron chi connectivity index (χ1n) is 12.7. The van der Waals surface area contributed by atoms with Gasteiger partial charge in [0, 0.05) is 27.3 Å². The minimum Gasteiger partial charge on any atom is -0.390 e. The number of hydrogen-bond donors (Lipinski definition) is 1. The zero-order chi connectivity index (χ0) is 27.3. The lowest BCUT2D eigenvalue weighted by atomic mass is 9.44. The Morgan fingerprint density at radius 2 is 1.92 bits per heavy atom. The van der Waals surface area contributed by atoms with Gasteiger partial charge in [-0.15, -0.1) is 0 Å². The number of fused-ring (bicyclic) bond motifs is 7. The zero-order valence-electron chi connectivity index (χ0n) is 20.8. The summed E-state index contributed by atoms with van der Waals surface area (Å²) >= 11 is 6.48. The van der Waals surface area contributed by atoms with Crippen molar-refractivity contribution in [2.24, 2.45) is 22.7 Å². The molecule has 1 aliphatic heterocycles. The van der Waals surface area contributed by atoms with Gasteiger partial charge in [0.25, 0.3) is 0 Å². The van der Waals surface area contributed by atoms with Crippen molar-refractivity contribution in [2.75, 3.05) is 6.01 Å². The van der Waals surface area contributed by atoms with E-state index >= 15 is 8.78 Å². The molecule has 10 atom stereocenters. The van der Waals surface area contributed by atoms with E-state index in [4.69, 9.17) is 21.1 Å². The Balaban J connectivity index is 1.44. The lowest BCUT2D eigenvalue weighted by molar-refractivity contribution is -0.232. The van der Waals surface area contributed by atoms with E-state index in [9.17, 15) is 19.1 Å². The molecule has 1 saturated heterocycles. The Hall–Kier alpha value is -1.65. The van der Waals surface area contributed by atoms with Crippen molar-refractivity contribution in [1.82, 2.24) is 0 Å². The molecular weight excluding hydrogens is 541 g/mol. The van der Waals surface area contributed by atoms with E-state index in [2.05, 4.69) is 0 Å². The lowest BCUT2D eigenvalue weighted by Gasteiger charge is -2.63. The van der Waals surface area contributed by atoms with E-state index < -0.39 is 75.5 Å². The van der Waals surface area contributed by atoms with Gasteiger partial charge in [-0.1, -0.05) is 48.5 Å². The SMILES string of the molecule is C[C@]12C=CC(=O)C=C1[C@@H](F)CC1[C@@H]3C[C@H]4OC(c5ccc(Cl)cc5)O[C@@]4(C(=O)SCF)[C@@]3(C)C[C@H](O)[C@@]12F. The number of rotatable bonds is 3. The van der Waals surface area contributed by atoms with Crippen molar-refractivity contribution in [3.8, 4) is 0 Å². The van der Waals surface area contributed by atoms with E-state index in [0.717, 1.165) is 6.08 Å². The molecule has 0 radical (unpaired) electrons. The van der Waals surface area contributed by atoms with E-state index in [0.29, 0.717) is 22.3 Å². The summed E-state index contributed by atoms with van der Waals surface area (Å²) in [5.41, 5.74) is -6.06. The van der Waals surface area contributed by atoms with Crippen LogP contribution in [-0.4, -0.2) is 51.7 Å². The number of thioether (sulfide) groups is 1. The summed E-state index contributed by atoms with van der Waals surface area (Å²) < 4.78 is 59.3. The van der Waals surface area contributed by atoms with Gasteiger partial charge in [-0.3, -0.25) is 9.59 Å². The third-order valence-corrected chi connectivity index (χ3v) is 10.9. The quantitative estimate of drug-likeness (QED) is 0.511. The summed E-state index contributed by atoms with van der Waals surface area (Å²) in [5.74, 6) is -2.03.